The molecule has 2 aliphatic rings. The van der Waals surface area contributed by atoms with Crippen molar-refractivity contribution < 1.29 is 23.9 Å². The fraction of sp³-hybridized carbons (Fsp3) is 0.636. The molecule has 16 heavy (non-hydrogen) atoms. The Labute approximate surface area is 93.1 Å². The molecule has 5 heteroatoms. The number of carbonyl (C=O) groups is 4. The zero-order valence-corrected chi connectivity index (χ0v) is 9.32. The van der Waals surface area contributed by atoms with Crippen molar-refractivity contribution in [1.82, 2.24) is 0 Å². The molecule has 2 unspecified atom stereocenters. The van der Waals surface area contributed by atoms with Gasteiger partial charge < -0.3 is 4.74 Å². The Hall–Kier alpha value is -1.52. The van der Waals surface area contributed by atoms with Crippen LogP contribution in [-0.2, 0) is 23.9 Å². The summed E-state index contributed by atoms with van der Waals surface area (Å²) in [5.74, 6) is -0.806. The summed E-state index contributed by atoms with van der Waals surface area (Å²) >= 11 is 0. The molecule has 1 heterocycles. The molecule has 2 rings (SSSR count). The zero-order valence-electron chi connectivity index (χ0n) is 9.32. The highest BCUT2D eigenvalue weighted by atomic mass is 16.6. The Morgan fingerprint density at radius 2 is 1.62 bits per heavy atom. The maximum atomic E-state index is 10.6. The van der Waals surface area contributed by atoms with E-state index in [1.54, 1.807) is 13.8 Å². The molecule has 0 radical (unpaired) electrons. The van der Waals surface area contributed by atoms with Crippen LogP contribution in [0.4, 0.5) is 0 Å². The molecule has 5 nitrogen and oxygen atoms in total. The minimum absolute atomic E-state index is 0.00231. The zero-order chi connectivity index (χ0) is 12.3. The van der Waals surface area contributed by atoms with Crippen molar-refractivity contribution in [3.05, 3.63) is 0 Å². The largest absolute Gasteiger partial charge is 0.393 e. The highest BCUT2D eigenvalue weighted by Crippen LogP contribution is 2.16. The summed E-state index contributed by atoms with van der Waals surface area (Å²) < 4.78 is 4.20. The summed E-state index contributed by atoms with van der Waals surface area (Å²) in [6.45, 7) is 3.47. The lowest BCUT2D eigenvalue weighted by molar-refractivity contribution is -0.153. The van der Waals surface area contributed by atoms with E-state index in [4.69, 9.17) is 0 Å². The van der Waals surface area contributed by atoms with Crippen molar-refractivity contribution in [3.63, 3.8) is 0 Å². The first-order valence-electron chi connectivity index (χ1n) is 5.19. The third-order valence-corrected chi connectivity index (χ3v) is 2.54. The van der Waals surface area contributed by atoms with Gasteiger partial charge in [-0.2, -0.15) is 0 Å². The lowest BCUT2D eigenvalue weighted by Gasteiger charge is -1.89. The van der Waals surface area contributed by atoms with Gasteiger partial charge in [0.1, 0.15) is 11.6 Å². The Morgan fingerprint density at radius 3 is 1.75 bits per heavy atom. The predicted octanol–water partition coefficient (Wildman–Crippen LogP) is 0.650. The number of Topliss-reactive ketones (excluding diaryl/α,β-unsaturated/α-hetero) is 2. The summed E-state index contributed by atoms with van der Waals surface area (Å²) in [4.78, 5) is 41.6. The average molecular weight is 226 g/mol. The van der Waals surface area contributed by atoms with Crippen LogP contribution < -0.4 is 0 Å². The fourth-order valence-electron chi connectivity index (χ4n) is 1.48. The van der Waals surface area contributed by atoms with Gasteiger partial charge >= 0.3 is 11.9 Å². The highest BCUT2D eigenvalue weighted by molar-refractivity contribution is 6.06. The normalized spacial score (nSPS) is 28.9. The van der Waals surface area contributed by atoms with Gasteiger partial charge in [-0.3, -0.25) is 19.2 Å². The van der Waals surface area contributed by atoms with Crippen LogP contribution in [-0.4, -0.2) is 23.5 Å². The number of hydrogen-bond acceptors (Lipinski definition) is 5. The summed E-state index contributed by atoms with van der Waals surface area (Å²) in [5, 5.41) is 0. The van der Waals surface area contributed by atoms with Crippen LogP contribution in [0.5, 0.6) is 0 Å². The monoisotopic (exact) mass is 226 g/mol. The molecule has 0 spiro atoms. The Kier molecular flexibility index (Phi) is 3.93. The number of cyclic esters (lactones) is 2. The third kappa shape index (κ3) is 3.25. The van der Waals surface area contributed by atoms with Gasteiger partial charge in [-0.25, -0.2) is 0 Å². The Bertz CT molecular complexity index is 310. The molecule has 88 valence electrons. The second-order valence-electron chi connectivity index (χ2n) is 4.19. The van der Waals surface area contributed by atoms with E-state index in [-0.39, 0.29) is 36.2 Å². The van der Waals surface area contributed by atoms with E-state index in [2.05, 4.69) is 4.74 Å². The number of carbonyl (C=O) groups excluding carboxylic acids is 4. The van der Waals surface area contributed by atoms with Gasteiger partial charge in [0, 0.05) is 12.3 Å². The minimum atomic E-state index is -0.400. The van der Waals surface area contributed by atoms with E-state index in [1.807, 2.05) is 0 Å². The quantitative estimate of drug-likeness (QED) is 0.447. The molecule has 1 aliphatic carbocycles. The van der Waals surface area contributed by atoms with E-state index in [0.29, 0.717) is 6.42 Å². The van der Waals surface area contributed by atoms with Gasteiger partial charge in [0.05, 0.1) is 18.8 Å². The average Bonchev–Trinajstić information content (AvgIpc) is 2.58. The van der Waals surface area contributed by atoms with Crippen LogP contribution in [0.25, 0.3) is 0 Å². The smallest absolute Gasteiger partial charge is 0.316 e. The molecule has 1 saturated carbocycles. The number of ether oxygens (including phenoxy) is 1. The molecule has 1 saturated heterocycles. The summed E-state index contributed by atoms with van der Waals surface area (Å²) in [7, 11) is 0. The SMILES string of the molecule is CC1CC(=O)CC1=O.CC1CC(=O)OC1=O. The molecule has 0 aromatic carbocycles. The van der Waals surface area contributed by atoms with Gasteiger partial charge in [-0.05, 0) is 0 Å². The van der Waals surface area contributed by atoms with E-state index in [9.17, 15) is 19.2 Å². The summed E-state index contributed by atoms with van der Waals surface area (Å²) in [6, 6.07) is 0. The number of esters is 2. The maximum absolute atomic E-state index is 10.6. The van der Waals surface area contributed by atoms with Crippen molar-refractivity contribution in [1.29, 1.82) is 0 Å². The molecule has 1 aliphatic heterocycles. The Balaban J connectivity index is 0.000000160. The summed E-state index contributed by atoms with van der Waals surface area (Å²) in [6.07, 6.45) is 0.902. The van der Waals surface area contributed by atoms with Gasteiger partial charge in [0.15, 0.2) is 0 Å². The molecular formula is C11H14O5. The van der Waals surface area contributed by atoms with Gasteiger partial charge in [0.25, 0.3) is 0 Å². The topological polar surface area (TPSA) is 77.5 Å². The molecule has 0 bridgehead atoms. The number of ketones is 2. The lowest BCUT2D eigenvalue weighted by Crippen LogP contribution is -2.01. The van der Waals surface area contributed by atoms with Crippen molar-refractivity contribution in [2.45, 2.75) is 33.1 Å². The van der Waals surface area contributed by atoms with Crippen LogP contribution in [0.3, 0.4) is 0 Å². The van der Waals surface area contributed by atoms with Crippen molar-refractivity contribution in [2.24, 2.45) is 11.8 Å². The molecule has 0 aromatic rings. The van der Waals surface area contributed by atoms with Gasteiger partial charge in [-0.1, -0.05) is 13.8 Å². The standard InChI is InChI=1S/C6H8O2.C5H6O3/c1-4-2-5(7)3-6(4)8;1-3-2-4(6)8-5(3)7/h4H,2-3H2,1H3;3H,2H2,1H3. The third-order valence-electron chi connectivity index (χ3n) is 2.54. The maximum Gasteiger partial charge on any atom is 0.316 e. The lowest BCUT2D eigenvalue weighted by atomic mass is 10.1. The molecule has 2 atom stereocenters. The van der Waals surface area contributed by atoms with Crippen LogP contribution >= 0.6 is 0 Å². The predicted molar refractivity (Wildman–Crippen MR) is 53.3 cm³/mol. The fourth-order valence-corrected chi connectivity index (χ4v) is 1.48. The van der Waals surface area contributed by atoms with Crippen LogP contribution in [0.2, 0.25) is 0 Å². The molecule has 0 aromatic heterocycles. The highest BCUT2D eigenvalue weighted by Gasteiger charge is 2.28. The number of hydrogen-bond donors (Lipinski definition) is 0. The molecular weight excluding hydrogens is 212 g/mol. The van der Waals surface area contributed by atoms with E-state index in [0.717, 1.165) is 0 Å². The second-order valence-corrected chi connectivity index (χ2v) is 4.19. The first-order valence-corrected chi connectivity index (χ1v) is 5.19. The van der Waals surface area contributed by atoms with Crippen LogP contribution in [0, 0.1) is 11.8 Å². The number of rotatable bonds is 0. The first-order chi connectivity index (χ1) is 7.40. The van der Waals surface area contributed by atoms with E-state index >= 15 is 0 Å². The summed E-state index contributed by atoms with van der Waals surface area (Å²) in [5.41, 5.74) is 0. The minimum Gasteiger partial charge on any atom is -0.393 e. The van der Waals surface area contributed by atoms with E-state index < -0.39 is 11.9 Å². The van der Waals surface area contributed by atoms with Crippen LogP contribution in [0.1, 0.15) is 33.1 Å². The Morgan fingerprint density at radius 1 is 1.00 bits per heavy atom. The second kappa shape index (κ2) is 5.01. The van der Waals surface area contributed by atoms with E-state index in [1.165, 1.54) is 0 Å². The van der Waals surface area contributed by atoms with Crippen molar-refractivity contribution in [2.75, 3.05) is 0 Å². The molecule has 0 N–H and O–H groups in total. The van der Waals surface area contributed by atoms with Crippen LogP contribution in [0.15, 0.2) is 0 Å². The molecule has 2 fully saturated rings. The van der Waals surface area contributed by atoms with Crippen molar-refractivity contribution in [3.8, 4) is 0 Å². The first kappa shape index (κ1) is 12.5. The molecule has 0 amide bonds. The van der Waals surface area contributed by atoms with Gasteiger partial charge in [0.2, 0.25) is 0 Å². The van der Waals surface area contributed by atoms with Gasteiger partial charge in [-0.15, -0.1) is 0 Å². The van der Waals surface area contributed by atoms with Crippen molar-refractivity contribution >= 4 is 23.5 Å².